The van der Waals surface area contributed by atoms with E-state index in [1.807, 2.05) is 93.3 Å². The highest BCUT2D eigenvalue weighted by molar-refractivity contribution is 7.59. The van der Waals surface area contributed by atoms with Crippen molar-refractivity contribution in [2.45, 2.75) is 90.9 Å². The lowest BCUT2D eigenvalue weighted by atomic mass is 9.86. The Hall–Kier alpha value is -5.57. The summed E-state index contributed by atoms with van der Waals surface area (Å²) in [4.78, 5) is 72.6. The summed E-state index contributed by atoms with van der Waals surface area (Å²) in [7, 11) is 2.58. The number of rotatable bonds is 11. The molecule has 4 heterocycles. The topological polar surface area (TPSA) is 175 Å². The van der Waals surface area contributed by atoms with Crippen LogP contribution in [-0.2, 0) is 31.0 Å². The standard InChI is InChI=1S/C47H54N8O6.CH4.3H2S/c1-29(2)39(52-45(58)60-5)42(56)54-24-10-14-38(54)41-48-28-37(49-41)34-20-17-31(18-21-34)15-16-32-19-22-35-36(26-32)51-44(50-35)47(27-33-12-8-7-9-13-33)23-11-25-55(47)43(57)40(30(3)4)53-46(59)61-6;;;;/h7-9,12-13,17-22,26,28-30,38-40H,10-11,14,23-25,27H2,1-6H3,(H,48,49)(H,50,51)(H,52,58)(H,53,59);1H4;3*1H2/t38-,39-,40-,47+;;;;/m0..../s1. The van der Waals surface area contributed by atoms with E-state index >= 15 is 0 Å². The molecule has 2 fully saturated rings. The van der Waals surface area contributed by atoms with Crippen molar-refractivity contribution in [1.82, 2.24) is 40.4 Å². The fourth-order valence-corrected chi connectivity index (χ4v) is 8.55. The minimum Gasteiger partial charge on any atom is -0.453 e. The lowest BCUT2D eigenvalue weighted by molar-refractivity contribution is -0.139. The van der Waals surface area contributed by atoms with Crippen molar-refractivity contribution in [3.8, 4) is 23.1 Å². The van der Waals surface area contributed by atoms with Crippen LogP contribution in [0.3, 0.4) is 0 Å². The molecule has 0 spiro atoms. The molecule has 3 aromatic carbocycles. The predicted molar refractivity (Wildman–Crippen MR) is 269 cm³/mol. The largest absolute Gasteiger partial charge is 0.453 e. The van der Waals surface area contributed by atoms with E-state index in [2.05, 4.69) is 49.6 Å². The van der Waals surface area contributed by atoms with Crippen LogP contribution in [0.1, 0.15) is 95.2 Å². The number of hydrogen-bond acceptors (Lipinski definition) is 8. The maximum Gasteiger partial charge on any atom is 0.407 e. The van der Waals surface area contributed by atoms with Crippen molar-refractivity contribution in [1.29, 1.82) is 0 Å². The maximum atomic E-state index is 14.3. The normalized spacial score (nSPS) is 17.3. The zero-order valence-corrected chi connectivity index (χ0v) is 40.1. The Balaban J connectivity index is 0.00000281. The van der Waals surface area contributed by atoms with E-state index in [0.717, 1.165) is 58.2 Å². The Morgan fingerprint density at radius 2 is 1.42 bits per heavy atom. The number of nitrogens with zero attached hydrogens (tertiary/aromatic N) is 4. The van der Waals surface area contributed by atoms with E-state index in [4.69, 9.17) is 14.5 Å². The number of benzene rings is 3. The number of nitrogens with one attached hydrogen (secondary N) is 4. The van der Waals surface area contributed by atoms with Crippen LogP contribution in [0.25, 0.3) is 22.3 Å². The molecule has 0 bridgehead atoms. The van der Waals surface area contributed by atoms with Crippen LogP contribution in [0.2, 0.25) is 0 Å². The van der Waals surface area contributed by atoms with Gasteiger partial charge in [-0.3, -0.25) is 9.59 Å². The van der Waals surface area contributed by atoms with Crippen LogP contribution in [-0.4, -0.2) is 93.1 Å². The first-order valence-corrected chi connectivity index (χ1v) is 20.9. The number of ether oxygens (including phenoxy) is 2. The molecule has 0 unspecified atom stereocenters. The van der Waals surface area contributed by atoms with Crippen LogP contribution in [0, 0.1) is 23.7 Å². The van der Waals surface area contributed by atoms with Gasteiger partial charge in [0.05, 0.1) is 43.2 Å². The molecule has 17 heteroatoms. The molecule has 2 aromatic heterocycles. The van der Waals surface area contributed by atoms with E-state index in [0.29, 0.717) is 37.6 Å². The minimum atomic E-state index is -0.765. The molecule has 4 amide bonds. The van der Waals surface area contributed by atoms with E-state index in [9.17, 15) is 19.2 Å². The molecule has 14 nitrogen and oxygen atoms in total. The van der Waals surface area contributed by atoms with Crippen molar-refractivity contribution >= 4 is 75.5 Å². The fraction of sp³-hybridized carbons (Fsp3) is 0.417. The second-order valence-electron chi connectivity index (χ2n) is 16.5. The van der Waals surface area contributed by atoms with E-state index in [1.54, 1.807) is 11.1 Å². The highest BCUT2D eigenvalue weighted by atomic mass is 32.1. The number of H-pyrrole nitrogens is 2. The number of carbonyl (C=O) groups excluding carboxylic acids is 4. The third kappa shape index (κ3) is 11.8. The van der Waals surface area contributed by atoms with Gasteiger partial charge in [0.25, 0.3) is 0 Å². The van der Waals surface area contributed by atoms with Gasteiger partial charge in [-0.1, -0.05) is 89.4 Å². The van der Waals surface area contributed by atoms with Crippen molar-refractivity contribution in [3.63, 3.8) is 0 Å². The van der Waals surface area contributed by atoms with Crippen LogP contribution in [0.15, 0.2) is 79.0 Å². The Morgan fingerprint density at radius 1 is 0.800 bits per heavy atom. The molecule has 2 aliphatic heterocycles. The quantitative estimate of drug-likeness (QED) is 0.0971. The number of alkyl carbamates (subject to hydrolysis) is 2. The first kappa shape index (κ1) is 53.8. The fourth-order valence-electron chi connectivity index (χ4n) is 8.55. The van der Waals surface area contributed by atoms with E-state index < -0.39 is 29.8 Å². The molecule has 4 N–H and O–H groups in total. The van der Waals surface area contributed by atoms with Gasteiger partial charge in [-0.2, -0.15) is 40.5 Å². The van der Waals surface area contributed by atoms with Gasteiger partial charge in [0, 0.05) is 30.6 Å². The van der Waals surface area contributed by atoms with Gasteiger partial charge in [-0.05, 0) is 79.0 Å². The summed E-state index contributed by atoms with van der Waals surface area (Å²) in [5.41, 5.74) is 5.30. The summed E-state index contributed by atoms with van der Waals surface area (Å²) in [5, 5.41) is 5.46. The molecule has 0 saturated carbocycles. The molecule has 2 aliphatic rings. The summed E-state index contributed by atoms with van der Waals surface area (Å²) >= 11 is 0. The van der Waals surface area contributed by atoms with Gasteiger partial charge in [-0.15, -0.1) is 0 Å². The number of imidazole rings is 2. The van der Waals surface area contributed by atoms with Crippen LogP contribution in [0.5, 0.6) is 0 Å². The number of aromatic amines is 2. The van der Waals surface area contributed by atoms with Gasteiger partial charge >= 0.3 is 12.2 Å². The molecular weight excluding hydrogens is 881 g/mol. The van der Waals surface area contributed by atoms with Crippen LogP contribution >= 0.6 is 40.5 Å². The first-order valence-electron chi connectivity index (χ1n) is 20.9. The van der Waals surface area contributed by atoms with Gasteiger partial charge in [0.15, 0.2) is 0 Å². The molecule has 350 valence electrons. The molecule has 0 aliphatic carbocycles. The number of methoxy groups -OCH3 is 2. The summed E-state index contributed by atoms with van der Waals surface area (Å²) in [6.45, 7) is 8.73. The Kier molecular flexibility index (Phi) is 19.5. The zero-order valence-electron chi connectivity index (χ0n) is 37.1. The SMILES string of the molecule is C.COC(=O)N[C@H](C(=O)N1CCC[C@H]1c1ncc(-c2ccc(C#Cc3ccc4nc([C@]5(Cc6ccccc6)CCCN5C(=O)[C@@H](NC(=O)OC)C(C)C)[nH]c4c3)cc2)[nH]1)C(C)C.S.S.S. The second-order valence-corrected chi connectivity index (χ2v) is 16.5. The number of amides is 4. The highest BCUT2D eigenvalue weighted by Gasteiger charge is 2.49. The summed E-state index contributed by atoms with van der Waals surface area (Å²) in [6, 6.07) is 22.2. The smallest absolute Gasteiger partial charge is 0.407 e. The third-order valence-electron chi connectivity index (χ3n) is 11.8. The third-order valence-corrected chi connectivity index (χ3v) is 11.8. The molecule has 65 heavy (non-hydrogen) atoms. The number of hydrogen-bond donors (Lipinski definition) is 4. The first-order chi connectivity index (χ1) is 29.4. The Labute approximate surface area is 403 Å². The number of aromatic nitrogens is 4. The second kappa shape index (κ2) is 23.6. The van der Waals surface area contributed by atoms with Gasteiger partial charge in [0.2, 0.25) is 11.8 Å². The van der Waals surface area contributed by atoms with Crippen molar-refractivity contribution in [2.75, 3.05) is 27.3 Å². The molecule has 5 aromatic rings. The van der Waals surface area contributed by atoms with Gasteiger partial charge in [0.1, 0.15) is 29.3 Å². The number of fused-ring (bicyclic) bond motifs is 1. The summed E-state index contributed by atoms with van der Waals surface area (Å²) < 4.78 is 9.63. The molecular formula is C48H64N8O6S3. The monoisotopic (exact) mass is 944 g/mol. The van der Waals surface area contributed by atoms with Gasteiger partial charge in [-0.25, -0.2) is 19.6 Å². The van der Waals surface area contributed by atoms with Crippen molar-refractivity contribution in [3.05, 3.63) is 107 Å². The summed E-state index contributed by atoms with van der Waals surface area (Å²) in [6.07, 6.45) is 4.15. The lowest BCUT2D eigenvalue weighted by Gasteiger charge is -2.40. The van der Waals surface area contributed by atoms with Gasteiger partial charge < -0.3 is 39.9 Å². The average Bonchev–Trinajstić information content (AvgIpc) is 4.10. The minimum absolute atomic E-state index is 0. The predicted octanol–water partition coefficient (Wildman–Crippen LogP) is 7.81. The summed E-state index contributed by atoms with van der Waals surface area (Å²) in [5.74, 6) is 7.39. The Morgan fingerprint density at radius 3 is 2.05 bits per heavy atom. The zero-order chi connectivity index (χ0) is 43.3. The van der Waals surface area contributed by atoms with Crippen LogP contribution in [0.4, 0.5) is 9.59 Å². The number of likely N-dealkylation sites (tertiary alicyclic amines) is 2. The molecule has 4 atom stereocenters. The Bertz CT molecular complexity index is 2450. The van der Waals surface area contributed by atoms with Crippen molar-refractivity contribution in [2.24, 2.45) is 11.8 Å². The lowest BCUT2D eigenvalue weighted by Crippen LogP contribution is -2.56. The molecule has 0 radical (unpaired) electrons. The highest BCUT2D eigenvalue weighted by Crippen LogP contribution is 2.42. The molecule has 7 rings (SSSR count). The van der Waals surface area contributed by atoms with Crippen LogP contribution < -0.4 is 10.6 Å². The number of carbonyl (C=O) groups is 4. The van der Waals surface area contributed by atoms with E-state index in [1.165, 1.54) is 14.2 Å². The van der Waals surface area contributed by atoms with E-state index in [-0.39, 0.29) is 77.6 Å². The maximum absolute atomic E-state index is 14.3. The average molecular weight is 945 g/mol. The molecule has 2 saturated heterocycles. The van der Waals surface area contributed by atoms with Crippen molar-refractivity contribution < 1.29 is 28.7 Å².